The van der Waals surface area contributed by atoms with Crippen molar-refractivity contribution in [2.75, 3.05) is 37.9 Å². The van der Waals surface area contributed by atoms with Gasteiger partial charge in [-0.15, -0.1) is 0 Å². The predicted molar refractivity (Wildman–Crippen MR) is 161 cm³/mol. The van der Waals surface area contributed by atoms with Crippen LogP contribution in [-0.2, 0) is 19.1 Å². The molecule has 0 aromatic heterocycles. The number of carbonyl (C=O) groups is 3. The highest BCUT2D eigenvalue weighted by Crippen LogP contribution is 2.33. The van der Waals surface area contributed by atoms with E-state index in [1.54, 1.807) is 0 Å². The zero-order valence-corrected chi connectivity index (χ0v) is 25.6. The number of fused-ring (bicyclic) bond motifs is 1. The molecule has 0 aromatic rings. The molecule has 2 aliphatic heterocycles. The van der Waals surface area contributed by atoms with Gasteiger partial charge in [-0.25, -0.2) is 4.79 Å². The molecule has 5 N–H and O–H groups in total. The number of urea groups is 1. The molecule has 2 rings (SSSR count). The molecule has 2 aliphatic rings. The van der Waals surface area contributed by atoms with Crippen molar-refractivity contribution in [1.29, 1.82) is 0 Å². The van der Waals surface area contributed by atoms with Crippen LogP contribution in [0, 0.1) is 0 Å². The summed E-state index contributed by atoms with van der Waals surface area (Å²) in [6.45, 7) is 3.85. The van der Waals surface area contributed by atoms with Crippen molar-refractivity contribution in [3.63, 3.8) is 0 Å². The van der Waals surface area contributed by atoms with Crippen LogP contribution in [0.3, 0.4) is 0 Å². The lowest BCUT2D eigenvalue weighted by Crippen LogP contribution is -2.58. The Hall–Kier alpha value is -1.17. The number of hydrogen-bond donors (Lipinski definition) is 5. The summed E-state index contributed by atoms with van der Waals surface area (Å²) in [5, 5.41) is 9.37. The zero-order chi connectivity index (χ0) is 28.3. The second-order valence-electron chi connectivity index (χ2n) is 10.7. The Labute approximate surface area is 245 Å². The van der Waals surface area contributed by atoms with Crippen molar-refractivity contribution >= 4 is 42.2 Å². The molecule has 0 aliphatic carbocycles. The number of carbonyl (C=O) groups excluding carboxylic acids is 3. The molecule has 11 heteroatoms. The molecule has 9 nitrogen and oxygen atoms in total. The van der Waals surface area contributed by atoms with Gasteiger partial charge in [0.2, 0.25) is 11.8 Å². The van der Waals surface area contributed by atoms with E-state index in [-0.39, 0.29) is 24.0 Å². The molecule has 39 heavy (non-hydrogen) atoms. The minimum absolute atomic E-state index is 0.0800. The Bertz CT molecular complexity index is 732. The number of rotatable bonds is 24. The monoisotopic (exact) mass is 588 g/mol. The largest absolute Gasteiger partial charge is 0.379 e. The molecular formula is C28H52N4O5S2. The number of ether oxygens (including phenoxy) is 2. The average Bonchev–Trinajstić information content (AvgIpc) is 3.46. The summed E-state index contributed by atoms with van der Waals surface area (Å²) >= 11 is 6.14. The molecule has 2 saturated heterocycles. The molecule has 4 atom stereocenters. The molecule has 0 bridgehead atoms. The maximum absolute atomic E-state index is 13.0. The van der Waals surface area contributed by atoms with Crippen molar-refractivity contribution in [2.45, 2.75) is 120 Å². The van der Waals surface area contributed by atoms with Gasteiger partial charge in [-0.05, 0) is 38.4 Å². The molecule has 0 radical (unpaired) electrons. The van der Waals surface area contributed by atoms with E-state index in [9.17, 15) is 14.4 Å². The number of unbranched alkanes of at least 4 members (excludes halogenated alkanes) is 8. The average molecular weight is 589 g/mol. The first-order valence-corrected chi connectivity index (χ1v) is 16.7. The van der Waals surface area contributed by atoms with Crippen LogP contribution < -0.4 is 21.7 Å². The maximum atomic E-state index is 13.0. The number of hydrogen-bond acceptors (Lipinski definition) is 7. The highest BCUT2D eigenvalue weighted by molar-refractivity contribution is 8.00. The van der Waals surface area contributed by atoms with Gasteiger partial charge in [0.25, 0.3) is 0 Å². The van der Waals surface area contributed by atoms with Crippen LogP contribution in [0.5, 0.6) is 0 Å². The Balaban J connectivity index is 1.77. The number of nitrogens with one attached hydrogen (secondary N) is 3. The molecule has 4 amide bonds. The van der Waals surface area contributed by atoms with Crippen molar-refractivity contribution in [2.24, 2.45) is 5.73 Å². The first-order chi connectivity index (χ1) is 18.9. The lowest BCUT2D eigenvalue weighted by Gasteiger charge is -2.32. The van der Waals surface area contributed by atoms with Crippen molar-refractivity contribution in [1.82, 2.24) is 16.0 Å². The van der Waals surface area contributed by atoms with Gasteiger partial charge >= 0.3 is 6.03 Å². The minimum atomic E-state index is -1.09. The molecule has 0 spiro atoms. The Kier molecular flexibility index (Phi) is 17.3. The fourth-order valence-corrected chi connectivity index (χ4v) is 7.14. The Morgan fingerprint density at radius 2 is 1.67 bits per heavy atom. The van der Waals surface area contributed by atoms with Crippen LogP contribution in [-0.4, -0.2) is 78.7 Å². The third-order valence-electron chi connectivity index (χ3n) is 7.69. The Morgan fingerprint density at radius 3 is 2.36 bits per heavy atom. The van der Waals surface area contributed by atoms with Gasteiger partial charge in [-0.2, -0.15) is 24.4 Å². The summed E-state index contributed by atoms with van der Waals surface area (Å²) in [4.78, 5) is 37.3. The topological polar surface area (TPSA) is 132 Å². The van der Waals surface area contributed by atoms with Crippen LogP contribution in [0.2, 0.25) is 0 Å². The second-order valence-corrected chi connectivity index (χ2v) is 12.4. The molecule has 1 unspecified atom stereocenters. The van der Waals surface area contributed by atoms with Crippen LogP contribution >= 0.6 is 24.4 Å². The highest BCUT2D eigenvalue weighted by Gasteiger charge is 2.42. The van der Waals surface area contributed by atoms with Crippen LogP contribution in [0.15, 0.2) is 0 Å². The van der Waals surface area contributed by atoms with E-state index < -0.39 is 11.4 Å². The van der Waals surface area contributed by atoms with Gasteiger partial charge in [0, 0.05) is 37.1 Å². The zero-order valence-electron chi connectivity index (χ0n) is 23.8. The van der Waals surface area contributed by atoms with Gasteiger partial charge in [-0.1, -0.05) is 51.4 Å². The van der Waals surface area contributed by atoms with Gasteiger partial charge in [0.05, 0.1) is 25.3 Å². The quantitative estimate of drug-likeness (QED) is 0.0660. The van der Waals surface area contributed by atoms with Gasteiger partial charge in [0.1, 0.15) is 5.54 Å². The summed E-state index contributed by atoms with van der Waals surface area (Å²) in [7, 11) is 0. The van der Waals surface area contributed by atoms with E-state index in [4.69, 9.17) is 15.2 Å². The third-order valence-corrected chi connectivity index (χ3v) is 9.52. The molecule has 2 fully saturated rings. The first kappa shape index (κ1) is 34.0. The summed E-state index contributed by atoms with van der Waals surface area (Å²) in [5.41, 5.74) is 4.81. The SMILES string of the molecule is CCOCCOCCC(CCCCCCCCCCS)(NC(=O)CCCC[C@@H]1SC[C@@H]2NC(=O)N[C@@H]21)C(N)=O. The maximum Gasteiger partial charge on any atom is 0.315 e. The van der Waals surface area contributed by atoms with E-state index >= 15 is 0 Å². The van der Waals surface area contributed by atoms with E-state index in [0.29, 0.717) is 50.9 Å². The lowest BCUT2D eigenvalue weighted by atomic mass is 9.87. The van der Waals surface area contributed by atoms with E-state index in [1.165, 1.54) is 32.1 Å². The smallest absolute Gasteiger partial charge is 0.315 e. The summed E-state index contributed by atoms with van der Waals surface area (Å²) < 4.78 is 11.0. The molecule has 226 valence electrons. The number of amides is 4. The fraction of sp³-hybridized carbons (Fsp3) is 0.893. The normalized spacial score (nSPS) is 21.7. The summed E-state index contributed by atoms with van der Waals surface area (Å²) in [5.74, 6) is 1.25. The minimum Gasteiger partial charge on any atom is -0.379 e. The first-order valence-electron chi connectivity index (χ1n) is 15.0. The van der Waals surface area contributed by atoms with Crippen molar-refractivity contribution in [3.05, 3.63) is 0 Å². The van der Waals surface area contributed by atoms with Gasteiger partial charge < -0.3 is 31.2 Å². The fourth-order valence-electron chi connectivity index (χ4n) is 5.37. The predicted octanol–water partition coefficient (Wildman–Crippen LogP) is 3.94. The third kappa shape index (κ3) is 12.9. The number of thioether (sulfide) groups is 1. The van der Waals surface area contributed by atoms with Crippen LogP contribution in [0.1, 0.15) is 96.8 Å². The summed E-state index contributed by atoms with van der Waals surface area (Å²) in [6, 6.07) is 0.305. The van der Waals surface area contributed by atoms with Crippen LogP contribution in [0.25, 0.3) is 0 Å². The highest BCUT2D eigenvalue weighted by atomic mass is 32.2. The van der Waals surface area contributed by atoms with Gasteiger partial charge in [0.15, 0.2) is 0 Å². The second kappa shape index (κ2) is 19.8. The Morgan fingerprint density at radius 1 is 0.974 bits per heavy atom. The molecular weight excluding hydrogens is 536 g/mol. The number of thiol groups is 1. The van der Waals surface area contributed by atoms with Crippen molar-refractivity contribution in [3.8, 4) is 0 Å². The van der Waals surface area contributed by atoms with E-state index in [2.05, 4.69) is 28.6 Å². The lowest BCUT2D eigenvalue weighted by molar-refractivity contribution is -0.133. The molecule has 2 heterocycles. The molecule has 0 saturated carbocycles. The van der Waals surface area contributed by atoms with E-state index in [0.717, 1.165) is 50.0 Å². The van der Waals surface area contributed by atoms with E-state index in [1.807, 2.05) is 18.7 Å². The molecule has 0 aromatic carbocycles. The van der Waals surface area contributed by atoms with Gasteiger partial charge in [-0.3, -0.25) is 9.59 Å². The van der Waals surface area contributed by atoms with Crippen molar-refractivity contribution < 1.29 is 23.9 Å². The number of primary amides is 1. The standard InChI is InChI=1S/C28H52N4O5S2/c1-2-36-18-19-37-17-16-28(26(29)34,15-11-7-5-3-4-6-8-12-20-38)32-24(33)14-10-9-13-23-25-22(21-39-23)30-27(35)31-25/h22-23,25,38H,2-21H2,1H3,(H2,29,34)(H,32,33)(H2,30,31,35)/t22-,23-,25-,28?/m0/s1. The van der Waals surface area contributed by atoms with Crippen LogP contribution in [0.4, 0.5) is 4.79 Å². The number of nitrogens with two attached hydrogens (primary N) is 1. The summed E-state index contributed by atoms with van der Waals surface area (Å²) in [6.07, 6.45) is 12.8.